The Labute approximate surface area is 185 Å². The Balaban J connectivity index is 1.74. The Morgan fingerprint density at radius 2 is 1.59 bits per heavy atom. The second-order valence-electron chi connectivity index (χ2n) is 7.24. The van der Waals surface area contributed by atoms with Crippen molar-refractivity contribution in [1.29, 1.82) is 0 Å². The molecule has 176 valence electrons. The van der Waals surface area contributed by atoms with Crippen molar-refractivity contribution in [3.05, 3.63) is 47.5 Å². The molecule has 0 unspecified atom stereocenters. The van der Waals surface area contributed by atoms with Crippen LogP contribution in [0.5, 0.6) is 23.0 Å². The van der Waals surface area contributed by atoms with E-state index in [1.54, 1.807) is 18.2 Å². The van der Waals surface area contributed by atoms with Gasteiger partial charge in [-0.3, -0.25) is 0 Å². The number of hydrogen-bond acceptors (Lipinski definition) is 10. The van der Waals surface area contributed by atoms with Gasteiger partial charge in [0.05, 0.1) is 39.6 Å². The minimum atomic E-state index is -1.59. The van der Waals surface area contributed by atoms with Crippen molar-refractivity contribution in [1.82, 2.24) is 0 Å². The van der Waals surface area contributed by atoms with Crippen LogP contribution >= 0.6 is 0 Å². The molecule has 1 heterocycles. The number of rotatable bonds is 9. The van der Waals surface area contributed by atoms with E-state index >= 15 is 0 Å². The number of benzene rings is 2. The lowest BCUT2D eigenvalue weighted by Gasteiger charge is -2.40. The third kappa shape index (κ3) is 5.23. The maximum atomic E-state index is 10.3. The van der Waals surface area contributed by atoms with E-state index in [1.807, 2.05) is 0 Å². The number of ether oxygens (including phenoxy) is 5. The van der Waals surface area contributed by atoms with Gasteiger partial charge in [0.15, 0.2) is 12.4 Å². The van der Waals surface area contributed by atoms with Crippen LogP contribution in [-0.4, -0.2) is 77.1 Å². The minimum absolute atomic E-state index is 0.00647. The van der Waals surface area contributed by atoms with E-state index in [0.29, 0.717) is 22.6 Å². The fourth-order valence-corrected chi connectivity index (χ4v) is 3.47. The summed E-state index contributed by atoms with van der Waals surface area (Å²) in [5.41, 5.74) is 1.13. The molecule has 0 aliphatic carbocycles. The van der Waals surface area contributed by atoms with Crippen molar-refractivity contribution in [3.8, 4) is 23.0 Å². The van der Waals surface area contributed by atoms with Gasteiger partial charge in [0.1, 0.15) is 41.3 Å². The van der Waals surface area contributed by atoms with Gasteiger partial charge in [-0.15, -0.1) is 0 Å². The molecule has 1 saturated heterocycles. The fourth-order valence-electron chi connectivity index (χ4n) is 3.47. The molecule has 3 rings (SSSR count). The quantitative estimate of drug-likeness (QED) is 0.360. The van der Waals surface area contributed by atoms with Crippen molar-refractivity contribution < 1.29 is 49.2 Å². The third-order valence-corrected chi connectivity index (χ3v) is 5.18. The molecule has 0 aromatic heterocycles. The van der Waals surface area contributed by atoms with Crippen molar-refractivity contribution in [3.63, 3.8) is 0 Å². The van der Waals surface area contributed by atoms with E-state index in [2.05, 4.69) is 0 Å². The molecular formula is C22H28O10. The zero-order chi connectivity index (χ0) is 23.3. The van der Waals surface area contributed by atoms with Crippen LogP contribution in [0.25, 0.3) is 0 Å². The van der Waals surface area contributed by atoms with E-state index in [0.717, 1.165) is 0 Å². The molecule has 0 saturated carbocycles. The van der Waals surface area contributed by atoms with E-state index in [-0.39, 0.29) is 24.7 Å². The van der Waals surface area contributed by atoms with Gasteiger partial charge in [-0.25, -0.2) is 0 Å². The topological polar surface area (TPSA) is 147 Å². The summed E-state index contributed by atoms with van der Waals surface area (Å²) in [5, 5.41) is 49.7. The minimum Gasteiger partial charge on any atom is -0.508 e. The number of methoxy groups -OCH3 is 2. The second kappa shape index (κ2) is 10.8. The third-order valence-electron chi connectivity index (χ3n) is 5.18. The first kappa shape index (κ1) is 24.1. The van der Waals surface area contributed by atoms with Gasteiger partial charge in [-0.1, -0.05) is 6.07 Å². The number of phenolic OH excluding ortho intramolecular Hbond substituents is 1. The highest BCUT2D eigenvalue weighted by atomic mass is 16.7. The fraction of sp³-hybridized carbons (Fsp3) is 0.455. The monoisotopic (exact) mass is 452 g/mol. The van der Waals surface area contributed by atoms with Crippen molar-refractivity contribution in [2.45, 2.75) is 43.9 Å². The van der Waals surface area contributed by atoms with Gasteiger partial charge in [0, 0.05) is 5.56 Å². The molecule has 10 heteroatoms. The molecule has 0 spiro atoms. The highest BCUT2D eigenvalue weighted by Gasteiger charge is 2.45. The zero-order valence-electron chi connectivity index (χ0n) is 17.7. The van der Waals surface area contributed by atoms with E-state index in [1.165, 1.54) is 32.4 Å². The summed E-state index contributed by atoms with van der Waals surface area (Å²) < 4.78 is 27.3. The van der Waals surface area contributed by atoms with Gasteiger partial charge >= 0.3 is 0 Å². The molecule has 2 aromatic rings. The molecule has 1 fully saturated rings. The standard InChI is InChI=1S/C22H28O10/c1-28-16-4-3-5-17(29-2)14(16)11-30-10-12-8-13(24)6-7-15(12)31-21-20(26)19(25)18(9-23)32-22(21)27/h3-8,18-27H,9-11H2,1-2H3/t18-,19-,20+,21-,22-/m1/s1. The summed E-state index contributed by atoms with van der Waals surface area (Å²) >= 11 is 0. The van der Waals surface area contributed by atoms with E-state index in [4.69, 9.17) is 23.7 Å². The molecule has 5 N–H and O–H groups in total. The number of phenols is 1. The molecule has 5 atom stereocenters. The number of hydrogen-bond donors (Lipinski definition) is 5. The molecule has 1 aliphatic heterocycles. The summed E-state index contributed by atoms with van der Waals surface area (Å²) in [5.74, 6) is 1.35. The van der Waals surface area contributed by atoms with Crippen LogP contribution in [0.1, 0.15) is 11.1 Å². The molecule has 0 bridgehead atoms. The Morgan fingerprint density at radius 3 is 2.22 bits per heavy atom. The molecule has 10 nitrogen and oxygen atoms in total. The van der Waals surface area contributed by atoms with E-state index in [9.17, 15) is 25.5 Å². The normalized spacial score (nSPS) is 25.4. The number of aliphatic hydroxyl groups excluding tert-OH is 4. The molecule has 1 aliphatic rings. The maximum Gasteiger partial charge on any atom is 0.195 e. The van der Waals surface area contributed by atoms with Crippen LogP contribution < -0.4 is 14.2 Å². The number of aromatic hydroxyl groups is 1. The summed E-state index contributed by atoms with van der Waals surface area (Å²) in [6.45, 7) is -0.434. The van der Waals surface area contributed by atoms with Gasteiger partial charge < -0.3 is 49.2 Å². The molecule has 32 heavy (non-hydrogen) atoms. The largest absolute Gasteiger partial charge is 0.508 e. The summed E-state index contributed by atoms with van der Waals surface area (Å²) in [4.78, 5) is 0. The first-order chi connectivity index (χ1) is 15.4. The Morgan fingerprint density at radius 1 is 0.906 bits per heavy atom. The van der Waals surface area contributed by atoms with Crippen molar-refractivity contribution in [2.75, 3.05) is 20.8 Å². The molecular weight excluding hydrogens is 424 g/mol. The predicted octanol–water partition coefficient (Wildman–Crippen LogP) is 0.305. The highest BCUT2D eigenvalue weighted by molar-refractivity contribution is 5.44. The second-order valence-corrected chi connectivity index (χ2v) is 7.24. The van der Waals surface area contributed by atoms with Crippen LogP contribution in [0.15, 0.2) is 36.4 Å². The van der Waals surface area contributed by atoms with Crippen LogP contribution in [0.4, 0.5) is 0 Å². The highest BCUT2D eigenvalue weighted by Crippen LogP contribution is 2.32. The molecule has 0 radical (unpaired) electrons. The molecule has 0 amide bonds. The first-order valence-corrected chi connectivity index (χ1v) is 9.96. The van der Waals surface area contributed by atoms with Crippen molar-refractivity contribution in [2.24, 2.45) is 0 Å². The lowest BCUT2D eigenvalue weighted by molar-refractivity contribution is -0.280. The van der Waals surface area contributed by atoms with Gasteiger partial charge in [0.25, 0.3) is 0 Å². The van der Waals surface area contributed by atoms with Gasteiger partial charge in [0.2, 0.25) is 0 Å². The number of aliphatic hydroxyl groups is 4. The SMILES string of the molecule is COc1cccc(OC)c1COCc1cc(O)ccc1O[C@@H]1[C@@H](O)[C@H](O)[C@@H](CO)O[C@H]1O. The Kier molecular flexibility index (Phi) is 8.13. The Bertz CT molecular complexity index is 867. The molecule has 2 aromatic carbocycles. The summed E-state index contributed by atoms with van der Waals surface area (Å²) in [6.07, 6.45) is -7.03. The maximum absolute atomic E-state index is 10.3. The average Bonchev–Trinajstić information content (AvgIpc) is 2.80. The lowest BCUT2D eigenvalue weighted by Crippen LogP contribution is -2.60. The zero-order valence-corrected chi connectivity index (χ0v) is 17.7. The van der Waals surface area contributed by atoms with Crippen LogP contribution in [0, 0.1) is 0 Å². The lowest BCUT2D eigenvalue weighted by atomic mass is 9.99. The average molecular weight is 452 g/mol. The first-order valence-electron chi connectivity index (χ1n) is 9.96. The summed E-state index contributed by atoms with van der Waals surface area (Å²) in [6, 6.07) is 9.59. The predicted molar refractivity (Wildman–Crippen MR) is 111 cm³/mol. The van der Waals surface area contributed by atoms with Gasteiger partial charge in [-0.05, 0) is 30.3 Å². The summed E-state index contributed by atoms with van der Waals surface area (Å²) in [7, 11) is 3.08. The van der Waals surface area contributed by atoms with Crippen LogP contribution in [0.3, 0.4) is 0 Å². The van der Waals surface area contributed by atoms with Gasteiger partial charge in [-0.2, -0.15) is 0 Å². The van der Waals surface area contributed by atoms with Crippen LogP contribution in [-0.2, 0) is 22.7 Å². The Hall–Kier alpha value is -2.60. The van der Waals surface area contributed by atoms with Crippen molar-refractivity contribution >= 4 is 0 Å². The van der Waals surface area contributed by atoms with Crippen LogP contribution in [0.2, 0.25) is 0 Å². The smallest absolute Gasteiger partial charge is 0.195 e. The van der Waals surface area contributed by atoms with E-state index < -0.39 is 37.3 Å².